The predicted molar refractivity (Wildman–Crippen MR) is 175 cm³/mol. The number of nitrogens with two attached hydrogens (primary N) is 1. The van der Waals surface area contributed by atoms with Crippen molar-refractivity contribution >= 4 is 13.7 Å². The average molecular weight is 617 g/mol. The molecule has 0 fully saturated rings. The number of allylic oxidation sites excluding steroid dienone is 3. The molecule has 0 aliphatic carbocycles. The maximum absolute atomic E-state index is 12.6. The van der Waals surface area contributed by atoms with Gasteiger partial charge in [0.15, 0.2) is 0 Å². The van der Waals surface area contributed by atoms with E-state index < -0.39 is 20.0 Å². The number of rotatable bonds is 31. The molecule has 1 amide bonds. The van der Waals surface area contributed by atoms with Gasteiger partial charge in [-0.15, -0.1) is 0 Å². The molecule has 0 radical (unpaired) electrons. The van der Waals surface area contributed by atoms with Gasteiger partial charge in [-0.05, 0) is 44.9 Å². The normalized spacial score (nSPS) is 14.9. The van der Waals surface area contributed by atoms with Gasteiger partial charge >= 0.3 is 7.82 Å². The highest BCUT2D eigenvalue weighted by molar-refractivity contribution is 7.47. The second kappa shape index (κ2) is 30.0. The van der Waals surface area contributed by atoms with Crippen LogP contribution in [0.3, 0.4) is 0 Å². The highest BCUT2D eigenvalue weighted by Gasteiger charge is 2.26. The SMILES string of the molecule is CCCCCCCC/C=C\CCCCCCCC(=O)NC(COP(=O)(O)OCCN)C(O)/C=C/CCCCCCCC. The summed E-state index contributed by atoms with van der Waals surface area (Å²) in [6.07, 6.45) is 30.9. The van der Waals surface area contributed by atoms with Gasteiger partial charge in [-0.3, -0.25) is 13.8 Å². The molecule has 5 N–H and O–H groups in total. The zero-order valence-corrected chi connectivity index (χ0v) is 27.9. The highest BCUT2D eigenvalue weighted by atomic mass is 31.2. The van der Waals surface area contributed by atoms with Gasteiger partial charge in [-0.25, -0.2) is 4.57 Å². The number of unbranched alkanes of at least 4 members (excludes halogenated alkanes) is 17. The molecule has 3 unspecified atom stereocenters. The molecule has 0 saturated carbocycles. The monoisotopic (exact) mass is 616 g/mol. The Morgan fingerprint density at radius 1 is 0.762 bits per heavy atom. The van der Waals surface area contributed by atoms with Crippen molar-refractivity contribution in [3.05, 3.63) is 24.3 Å². The summed E-state index contributed by atoms with van der Waals surface area (Å²) in [6, 6.07) is -0.858. The summed E-state index contributed by atoms with van der Waals surface area (Å²) in [6.45, 7) is 4.05. The number of phosphoric ester groups is 1. The molecule has 0 rings (SSSR count). The summed E-state index contributed by atoms with van der Waals surface area (Å²) in [5.74, 6) is -0.208. The molecule has 42 heavy (non-hydrogen) atoms. The Bertz CT molecular complexity index is 719. The van der Waals surface area contributed by atoms with Crippen LogP contribution in [0.15, 0.2) is 24.3 Å². The third-order valence-electron chi connectivity index (χ3n) is 7.27. The van der Waals surface area contributed by atoms with Crippen LogP contribution in [-0.2, 0) is 18.4 Å². The molecule has 0 bridgehead atoms. The zero-order valence-electron chi connectivity index (χ0n) is 27.0. The van der Waals surface area contributed by atoms with Gasteiger partial charge in [0.25, 0.3) is 0 Å². The molecular formula is C33H65N2O6P. The van der Waals surface area contributed by atoms with E-state index in [9.17, 15) is 19.4 Å². The van der Waals surface area contributed by atoms with Crippen LogP contribution in [0.1, 0.15) is 149 Å². The zero-order chi connectivity index (χ0) is 31.2. The van der Waals surface area contributed by atoms with Crippen LogP contribution in [0.2, 0.25) is 0 Å². The number of aliphatic hydroxyl groups is 1. The molecule has 0 saturated heterocycles. The summed E-state index contributed by atoms with van der Waals surface area (Å²) in [5, 5.41) is 13.5. The molecule has 0 aliphatic heterocycles. The van der Waals surface area contributed by atoms with E-state index in [-0.39, 0.29) is 25.7 Å². The van der Waals surface area contributed by atoms with Crippen LogP contribution < -0.4 is 11.1 Å². The first-order valence-corrected chi connectivity index (χ1v) is 18.5. The van der Waals surface area contributed by atoms with Gasteiger partial charge in [0, 0.05) is 13.0 Å². The molecule has 8 nitrogen and oxygen atoms in total. The minimum atomic E-state index is -4.32. The molecule has 9 heteroatoms. The quantitative estimate of drug-likeness (QED) is 0.0350. The Balaban J connectivity index is 4.32. The fourth-order valence-electron chi connectivity index (χ4n) is 4.65. The lowest BCUT2D eigenvalue weighted by Gasteiger charge is -2.23. The summed E-state index contributed by atoms with van der Waals surface area (Å²) in [5.41, 5.74) is 5.33. The smallest absolute Gasteiger partial charge is 0.387 e. The number of amides is 1. The van der Waals surface area contributed by atoms with E-state index in [0.29, 0.717) is 6.42 Å². The third kappa shape index (κ3) is 27.8. The van der Waals surface area contributed by atoms with Crippen molar-refractivity contribution in [1.82, 2.24) is 5.32 Å². The first kappa shape index (κ1) is 41.0. The van der Waals surface area contributed by atoms with Gasteiger partial charge in [0.05, 0.1) is 25.4 Å². The van der Waals surface area contributed by atoms with Crippen molar-refractivity contribution in [3.63, 3.8) is 0 Å². The van der Waals surface area contributed by atoms with Crippen LogP contribution in [0.25, 0.3) is 0 Å². The van der Waals surface area contributed by atoms with Gasteiger partial charge in [-0.2, -0.15) is 0 Å². The standard InChI is InChI=1S/C33H65N2O6P/c1-3-5-7-9-11-13-14-15-16-17-18-19-21-23-25-27-33(37)35-31(30-41-42(38,39)40-29-28-34)32(36)26-24-22-20-12-10-8-6-4-2/h15-16,24,26,31-32,36H,3-14,17-23,25,27-30,34H2,1-2H3,(H,35,37)(H,38,39)/b16-15-,26-24+. The van der Waals surface area contributed by atoms with Crippen LogP contribution in [0.4, 0.5) is 0 Å². The van der Waals surface area contributed by atoms with Gasteiger partial charge in [0.1, 0.15) is 0 Å². The predicted octanol–water partition coefficient (Wildman–Crippen LogP) is 8.27. The lowest BCUT2D eigenvalue weighted by atomic mass is 10.1. The Labute approximate surface area is 257 Å². The van der Waals surface area contributed by atoms with Crippen molar-refractivity contribution in [2.75, 3.05) is 19.8 Å². The van der Waals surface area contributed by atoms with E-state index in [1.54, 1.807) is 6.08 Å². The summed E-state index contributed by atoms with van der Waals surface area (Å²) in [7, 11) is -4.32. The number of hydrogen-bond donors (Lipinski definition) is 4. The van der Waals surface area contributed by atoms with Crippen molar-refractivity contribution < 1.29 is 28.4 Å². The topological polar surface area (TPSA) is 131 Å². The van der Waals surface area contributed by atoms with E-state index in [1.165, 1.54) is 77.0 Å². The number of aliphatic hydroxyl groups excluding tert-OH is 1. The number of phosphoric acid groups is 1. The molecule has 0 aromatic carbocycles. The maximum Gasteiger partial charge on any atom is 0.472 e. The highest BCUT2D eigenvalue weighted by Crippen LogP contribution is 2.43. The average Bonchev–Trinajstić information content (AvgIpc) is 2.97. The van der Waals surface area contributed by atoms with E-state index in [1.807, 2.05) is 6.08 Å². The molecule has 0 spiro atoms. The third-order valence-corrected chi connectivity index (χ3v) is 8.26. The van der Waals surface area contributed by atoms with E-state index in [2.05, 4.69) is 31.3 Å². The molecule has 0 aliphatic rings. The Morgan fingerprint density at radius 3 is 1.76 bits per heavy atom. The van der Waals surface area contributed by atoms with Crippen molar-refractivity contribution in [2.45, 2.75) is 161 Å². The molecule has 248 valence electrons. The van der Waals surface area contributed by atoms with Gasteiger partial charge < -0.3 is 21.1 Å². The summed E-state index contributed by atoms with van der Waals surface area (Å²) >= 11 is 0. The second-order valence-electron chi connectivity index (χ2n) is 11.4. The number of carbonyl (C=O) groups is 1. The fourth-order valence-corrected chi connectivity index (χ4v) is 5.41. The molecule has 0 aromatic rings. The summed E-state index contributed by atoms with van der Waals surface area (Å²) < 4.78 is 21.9. The first-order valence-electron chi connectivity index (χ1n) is 17.0. The van der Waals surface area contributed by atoms with Gasteiger partial charge in [-0.1, -0.05) is 122 Å². The summed E-state index contributed by atoms with van der Waals surface area (Å²) in [4.78, 5) is 22.4. The van der Waals surface area contributed by atoms with Crippen molar-refractivity contribution in [3.8, 4) is 0 Å². The molecule has 0 heterocycles. The number of hydrogen-bond acceptors (Lipinski definition) is 6. The van der Waals surface area contributed by atoms with Crippen molar-refractivity contribution in [2.24, 2.45) is 5.73 Å². The Morgan fingerprint density at radius 2 is 1.24 bits per heavy atom. The Hall–Kier alpha value is -1.02. The minimum absolute atomic E-state index is 0.0772. The number of carbonyl (C=O) groups excluding carboxylic acids is 1. The largest absolute Gasteiger partial charge is 0.472 e. The Kier molecular flexibility index (Phi) is 29.3. The molecule has 0 aromatic heterocycles. The van der Waals surface area contributed by atoms with Gasteiger partial charge in [0.2, 0.25) is 5.91 Å². The van der Waals surface area contributed by atoms with Crippen molar-refractivity contribution in [1.29, 1.82) is 0 Å². The first-order chi connectivity index (χ1) is 20.4. The van der Waals surface area contributed by atoms with E-state index in [0.717, 1.165) is 51.4 Å². The van der Waals surface area contributed by atoms with E-state index >= 15 is 0 Å². The van der Waals surface area contributed by atoms with Crippen LogP contribution in [0.5, 0.6) is 0 Å². The van der Waals surface area contributed by atoms with Crippen LogP contribution >= 0.6 is 7.82 Å². The number of nitrogens with one attached hydrogen (secondary N) is 1. The second-order valence-corrected chi connectivity index (χ2v) is 12.8. The van der Waals surface area contributed by atoms with E-state index in [4.69, 9.17) is 14.8 Å². The lowest BCUT2D eigenvalue weighted by molar-refractivity contribution is -0.123. The fraction of sp³-hybridized carbons (Fsp3) is 0.848. The van der Waals surface area contributed by atoms with Crippen LogP contribution in [0, 0.1) is 0 Å². The minimum Gasteiger partial charge on any atom is -0.387 e. The molecule has 3 atom stereocenters. The lowest BCUT2D eigenvalue weighted by Crippen LogP contribution is -2.45. The van der Waals surface area contributed by atoms with Crippen LogP contribution in [-0.4, -0.2) is 47.8 Å². The maximum atomic E-state index is 12.6. The molecular weight excluding hydrogens is 551 g/mol.